The fourth-order valence-corrected chi connectivity index (χ4v) is 4.34. The van der Waals surface area contributed by atoms with Crippen LogP contribution in [0, 0.1) is 5.92 Å². The number of hydrogen-bond donors (Lipinski definition) is 2. The lowest BCUT2D eigenvalue weighted by molar-refractivity contribution is -0.130. The maximum atomic E-state index is 12.5. The van der Waals surface area contributed by atoms with Crippen LogP contribution in [0.5, 0.6) is 0 Å². The summed E-state index contributed by atoms with van der Waals surface area (Å²) in [5.41, 5.74) is 0. The number of rotatable bonds is 8. The zero-order valence-corrected chi connectivity index (χ0v) is 17.1. The van der Waals surface area contributed by atoms with Crippen LogP contribution in [0.3, 0.4) is 0 Å². The molecule has 1 heterocycles. The molecule has 1 aliphatic rings. The van der Waals surface area contributed by atoms with Crippen LogP contribution >= 0.6 is 11.6 Å². The average molecular weight is 416 g/mol. The molecule has 1 fully saturated rings. The summed E-state index contributed by atoms with van der Waals surface area (Å²) < 4.78 is 27.5. The molecule has 0 radical (unpaired) electrons. The van der Waals surface area contributed by atoms with Gasteiger partial charge in [-0.25, -0.2) is 8.42 Å². The minimum Gasteiger partial charge on any atom is -0.354 e. The number of sulfonamides is 1. The van der Waals surface area contributed by atoms with E-state index < -0.39 is 22.0 Å². The van der Waals surface area contributed by atoms with Gasteiger partial charge in [0.2, 0.25) is 21.8 Å². The number of nitrogens with zero attached hydrogens (tertiary/aromatic N) is 1. The molecule has 1 aromatic carbocycles. The van der Waals surface area contributed by atoms with E-state index >= 15 is 0 Å². The van der Waals surface area contributed by atoms with Crippen molar-refractivity contribution >= 4 is 33.4 Å². The molecule has 1 aromatic rings. The quantitative estimate of drug-likeness (QED) is 0.676. The third kappa shape index (κ3) is 6.19. The van der Waals surface area contributed by atoms with Gasteiger partial charge in [0.05, 0.1) is 4.90 Å². The third-order valence-electron chi connectivity index (χ3n) is 4.45. The Kier molecular flexibility index (Phi) is 7.64. The van der Waals surface area contributed by atoms with Gasteiger partial charge >= 0.3 is 0 Å². The van der Waals surface area contributed by atoms with E-state index in [0.717, 1.165) is 25.9 Å². The van der Waals surface area contributed by atoms with Crippen LogP contribution in [0.25, 0.3) is 0 Å². The van der Waals surface area contributed by atoms with E-state index in [1.54, 1.807) is 18.7 Å². The number of nitrogens with one attached hydrogen (secondary N) is 2. The van der Waals surface area contributed by atoms with Crippen LogP contribution in [-0.4, -0.2) is 50.8 Å². The highest BCUT2D eigenvalue weighted by Crippen LogP contribution is 2.16. The van der Waals surface area contributed by atoms with E-state index in [0.29, 0.717) is 5.02 Å². The molecule has 27 heavy (non-hydrogen) atoms. The molecule has 9 heteroatoms. The summed E-state index contributed by atoms with van der Waals surface area (Å²) >= 11 is 5.79. The SMILES string of the molecule is CC(C)[C@H](NS(=O)(=O)c1ccc(Cl)cc1)C(=O)NCCC(=O)N1CCCC1. The smallest absolute Gasteiger partial charge is 0.241 e. The van der Waals surface area contributed by atoms with Crippen LogP contribution in [0.15, 0.2) is 29.2 Å². The van der Waals surface area contributed by atoms with E-state index in [4.69, 9.17) is 11.6 Å². The van der Waals surface area contributed by atoms with Crippen molar-refractivity contribution in [2.75, 3.05) is 19.6 Å². The lowest BCUT2D eigenvalue weighted by Crippen LogP contribution is -2.50. The van der Waals surface area contributed by atoms with Crippen molar-refractivity contribution in [3.05, 3.63) is 29.3 Å². The van der Waals surface area contributed by atoms with Crippen molar-refractivity contribution in [2.24, 2.45) is 5.92 Å². The van der Waals surface area contributed by atoms with Gasteiger partial charge in [-0.05, 0) is 43.0 Å². The molecule has 0 unspecified atom stereocenters. The molecule has 1 saturated heterocycles. The number of carbonyl (C=O) groups is 2. The highest BCUT2D eigenvalue weighted by molar-refractivity contribution is 7.89. The number of benzene rings is 1. The molecule has 0 saturated carbocycles. The highest BCUT2D eigenvalue weighted by atomic mass is 35.5. The molecule has 0 aromatic heterocycles. The van der Waals surface area contributed by atoms with Crippen LogP contribution in [0.2, 0.25) is 5.02 Å². The van der Waals surface area contributed by atoms with E-state index in [1.807, 2.05) is 0 Å². The summed E-state index contributed by atoms with van der Waals surface area (Å²) in [6.07, 6.45) is 2.24. The molecule has 7 nitrogen and oxygen atoms in total. The minimum absolute atomic E-state index is 0.00985. The van der Waals surface area contributed by atoms with Gasteiger partial charge in [-0.15, -0.1) is 0 Å². The molecule has 0 spiro atoms. The first-order valence-corrected chi connectivity index (χ1v) is 10.9. The number of amides is 2. The van der Waals surface area contributed by atoms with Gasteiger partial charge in [-0.2, -0.15) is 4.72 Å². The second kappa shape index (κ2) is 9.52. The zero-order valence-electron chi connectivity index (χ0n) is 15.6. The Bertz CT molecular complexity index is 759. The summed E-state index contributed by atoms with van der Waals surface area (Å²) in [4.78, 5) is 26.3. The molecular formula is C18H26ClN3O4S. The van der Waals surface area contributed by atoms with E-state index in [9.17, 15) is 18.0 Å². The second-order valence-corrected chi connectivity index (χ2v) is 9.08. The lowest BCUT2D eigenvalue weighted by atomic mass is 10.1. The van der Waals surface area contributed by atoms with Crippen LogP contribution in [0.1, 0.15) is 33.1 Å². The van der Waals surface area contributed by atoms with Gasteiger partial charge < -0.3 is 10.2 Å². The molecule has 150 valence electrons. The molecular weight excluding hydrogens is 390 g/mol. The monoisotopic (exact) mass is 415 g/mol. The Hall–Kier alpha value is -1.64. The van der Waals surface area contributed by atoms with Gasteiger partial charge in [0.25, 0.3) is 0 Å². The summed E-state index contributed by atoms with van der Waals surface area (Å²) in [7, 11) is -3.87. The van der Waals surface area contributed by atoms with Gasteiger partial charge in [-0.1, -0.05) is 25.4 Å². The predicted octanol–water partition coefficient (Wildman–Crippen LogP) is 1.77. The minimum atomic E-state index is -3.87. The molecule has 2 N–H and O–H groups in total. The Balaban J connectivity index is 1.94. The first-order chi connectivity index (χ1) is 12.7. The van der Waals surface area contributed by atoms with E-state index in [-0.39, 0.29) is 29.7 Å². The number of likely N-dealkylation sites (tertiary alicyclic amines) is 1. The van der Waals surface area contributed by atoms with Crippen molar-refractivity contribution in [3.63, 3.8) is 0 Å². The highest BCUT2D eigenvalue weighted by Gasteiger charge is 2.28. The van der Waals surface area contributed by atoms with Crippen LogP contribution < -0.4 is 10.0 Å². The molecule has 0 bridgehead atoms. The second-order valence-electron chi connectivity index (χ2n) is 6.93. The third-order valence-corrected chi connectivity index (χ3v) is 6.16. The normalized spacial score (nSPS) is 15.8. The van der Waals surface area contributed by atoms with E-state index in [2.05, 4.69) is 10.0 Å². The Morgan fingerprint density at radius 2 is 1.74 bits per heavy atom. The van der Waals surface area contributed by atoms with Crippen molar-refractivity contribution in [1.82, 2.24) is 14.9 Å². The Morgan fingerprint density at radius 3 is 2.30 bits per heavy atom. The number of hydrogen-bond acceptors (Lipinski definition) is 4. The maximum Gasteiger partial charge on any atom is 0.241 e. The topological polar surface area (TPSA) is 95.6 Å². The van der Waals surface area contributed by atoms with Crippen LogP contribution in [0.4, 0.5) is 0 Å². The van der Waals surface area contributed by atoms with Gasteiger partial charge in [0.1, 0.15) is 6.04 Å². The van der Waals surface area contributed by atoms with Gasteiger partial charge in [0.15, 0.2) is 0 Å². The van der Waals surface area contributed by atoms with Gasteiger partial charge in [-0.3, -0.25) is 9.59 Å². The molecule has 2 rings (SSSR count). The molecule has 0 aliphatic carbocycles. The Morgan fingerprint density at radius 1 is 1.15 bits per heavy atom. The largest absolute Gasteiger partial charge is 0.354 e. The van der Waals surface area contributed by atoms with Crippen LogP contribution in [-0.2, 0) is 19.6 Å². The number of carbonyl (C=O) groups excluding carboxylic acids is 2. The summed E-state index contributed by atoms with van der Waals surface area (Å²) in [6.45, 7) is 5.22. The first kappa shape index (κ1) is 21.7. The zero-order chi connectivity index (χ0) is 20.0. The first-order valence-electron chi connectivity index (χ1n) is 9.04. The average Bonchev–Trinajstić information content (AvgIpc) is 3.14. The fraction of sp³-hybridized carbons (Fsp3) is 0.556. The van der Waals surface area contributed by atoms with Crippen molar-refractivity contribution in [2.45, 2.75) is 44.0 Å². The summed E-state index contributed by atoms with van der Waals surface area (Å²) in [5, 5.41) is 3.09. The summed E-state index contributed by atoms with van der Waals surface area (Å²) in [6, 6.07) is 4.78. The van der Waals surface area contributed by atoms with Gasteiger partial charge in [0, 0.05) is 31.1 Å². The summed E-state index contributed by atoms with van der Waals surface area (Å²) in [5.74, 6) is -0.700. The lowest BCUT2D eigenvalue weighted by Gasteiger charge is -2.22. The maximum absolute atomic E-state index is 12.5. The molecule has 1 atom stereocenters. The molecule has 1 aliphatic heterocycles. The van der Waals surface area contributed by atoms with Crippen molar-refractivity contribution in [3.8, 4) is 0 Å². The van der Waals surface area contributed by atoms with Crippen molar-refractivity contribution in [1.29, 1.82) is 0 Å². The fourth-order valence-electron chi connectivity index (χ4n) is 2.87. The Labute approximate surface area is 165 Å². The number of halogens is 1. The predicted molar refractivity (Wildman–Crippen MR) is 104 cm³/mol. The van der Waals surface area contributed by atoms with E-state index in [1.165, 1.54) is 24.3 Å². The molecule has 2 amide bonds. The standard InChI is InChI=1S/C18H26ClN3O4S/c1-13(2)17(21-27(25,26)15-7-5-14(19)6-8-15)18(24)20-10-9-16(23)22-11-3-4-12-22/h5-8,13,17,21H,3-4,9-12H2,1-2H3,(H,20,24)/t17-/m0/s1. The van der Waals surface area contributed by atoms with Crippen molar-refractivity contribution < 1.29 is 18.0 Å².